The second-order valence-electron chi connectivity index (χ2n) is 7.69. The van der Waals surface area contributed by atoms with Crippen LogP contribution in [0.1, 0.15) is 26.3 Å². The Morgan fingerprint density at radius 2 is 1.75 bits per heavy atom. The van der Waals surface area contributed by atoms with Crippen LogP contribution < -0.4 is 0 Å². The Hall–Kier alpha value is -1.66. The van der Waals surface area contributed by atoms with Gasteiger partial charge in [0.25, 0.3) is 0 Å². The van der Waals surface area contributed by atoms with Gasteiger partial charge in [-0.2, -0.15) is 0 Å². The van der Waals surface area contributed by atoms with Crippen molar-refractivity contribution in [3.05, 3.63) is 75.7 Å². The Morgan fingerprint density at radius 3 is 2.36 bits per heavy atom. The molecule has 0 spiro atoms. The van der Waals surface area contributed by atoms with Gasteiger partial charge in [0.15, 0.2) is 0 Å². The van der Waals surface area contributed by atoms with E-state index in [1.807, 2.05) is 44.2 Å². The van der Waals surface area contributed by atoms with E-state index in [1.54, 1.807) is 12.1 Å². The maximum atomic E-state index is 13.4. The van der Waals surface area contributed by atoms with Crippen LogP contribution in [0.5, 0.6) is 0 Å². The first-order chi connectivity index (χ1) is 13.2. The highest BCUT2D eigenvalue weighted by Crippen LogP contribution is 2.54. The van der Waals surface area contributed by atoms with Crippen LogP contribution in [0.2, 0.25) is 5.02 Å². The van der Waals surface area contributed by atoms with Gasteiger partial charge in [-0.25, -0.2) is 8.42 Å². The Morgan fingerprint density at radius 1 is 1.11 bits per heavy atom. The molecule has 2 bridgehead atoms. The summed E-state index contributed by atoms with van der Waals surface area (Å²) in [6, 6.07) is 16.1. The molecule has 28 heavy (non-hydrogen) atoms. The molecule has 2 aliphatic rings. The van der Waals surface area contributed by atoms with E-state index >= 15 is 0 Å². The Kier molecular flexibility index (Phi) is 4.91. The minimum Gasteiger partial charge on any atom is -0.370 e. The normalized spacial score (nSPS) is 29.5. The summed E-state index contributed by atoms with van der Waals surface area (Å²) in [6.07, 6.45) is -0.610. The van der Waals surface area contributed by atoms with Crippen molar-refractivity contribution in [2.75, 3.05) is 0 Å². The van der Waals surface area contributed by atoms with E-state index in [2.05, 4.69) is 6.92 Å². The van der Waals surface area contributed by atoms with Crippen molar-refractivity contribution >= 4 is 21.4 Å². The highest BCUT2D eigenvalue weighted by atomic mass is 35.5. The average molecular weight is 419 g/mol. The first-order valence-corrected chi connectivity index (χ1v) is 11.2. The molecule has 0 radical (unpaired) electrons. The smallest absolute Gasteiger partial charge is 0.205 e. The summed E-state index contributed by atoms with van der Waals surface area (Å²) in [5, 5.41) is 0.498. The number of sulfone groups is 1. The molecule has 0 unspecified atom stereocenters. The molecular formula is C22H23ClO4S. The molecule has 1 fully saturated rings. The zero-order valence-electron chi connectivity index (χ0n) is 16.1. The Bertz CT molecular complexity index is 1010. The van der Waals surface area contributed by atoms with Crippen LogP contribution in [0.3, 0.4) is 0 Å². The minimum atomic E-state index is -3.72. The van der Waals surface area contributed by atoms with Crippen LogP contribution in [0, 0.1) is 5.92 Å². The molecule has 148 valence electrons. The molecule has 0 aromatic heterocycles. The van der Waals surface area contributed by atoms with E-state index in [0.717, 1.165) is 11.1 Å². The minimum absolute atomic E-state index is 0.0675. The zero-order chi connectivity index (χ0) is 20.1. The van der Waals surface area contributed by atoms with Crippen molar-refractivity contribution in [2.24, 2.45) is 5.92 Å². The summed E-state index contributed by atoms with van der Waals surface area (Å²) in [5.41, 5.74) is 0.801. The summed E-state index contributed by atoms with van der Waals surface area (Å²) in [5.74, 6) is 0.0675. The van der Waals surface area contributed by atoms with Gasteiger partial charge in [-0.1, -0.05) is 48.9 Å². The molecule has 2 aromatic rings. The van der Waals surface area contributed by atoms with Gasteiger partial charge in [0, 0.05) is 10.9 Å². The second kappa shape index (κ2) is 6.99. The number of hydrogen-bond donors (Lipinski definition) is 0. The predicted molar refractivity (Wildman–Crippen MR) is 109 cm³/mol. The average Bonchev–Trinajstić information content (AvgIpc) is 3.08. The van der Waals surface area contributed by atoms with Gasteiger partial charge < -0.3 is 9.47 Å². The molecule has 2 aromatic carbocycles. The van der Waals surface area contributed by atoms with E-state index in [4.69, 9.17) is 21.1 Å². The van der Waals surface area contributed by atoms with Crippen molar-refractivity contribution in [3.63, 3.8) is 0 Å². The first-order valence-electron chi connectivity index (χ1n) is 9.30. The molecule has 2 aliphatic heterocycles. The van der Waals surface area contributed by atoms with Crippen molar-refractivity contribution in [1.82, 2.24) is 0 Å². The number of hydrogen-bond acceptors (Lipinski definition) is 4. The summed E-state index contributed by atoms with van der Waals surface area (Å²) < 4.78 is 39.3. The van der Waals surface area contributed by atoms with Crippen molar-refractivity contribution in [2.45, 2.75) is 50.1 Å². The Balaban J connectivity index is 1.69. The quantitative estimate of drug-likeness (QED) is 0.701. The fourth-order valence-corrected chi connectivity index (χ4v) is 6.66. The molecule has 0 saturated carbocycles. The predicted octanol–water partition coefficient (Wildman–Crippen LogP) is 4.78. The van der Waals surface area contributed by atoms with Crippen LogP contribution in [-0.2, 0) is 25.9 Å². The third-order valence-electron chi connectivity index (χ3n) is 5.77. The van der Waals surface area contributed by atoms with E-state index in [0.29, 0.717) is 16.5 Å². The van der Waals surface area contributed by atoms with Gasteiger partial charge in [0.1, 0.15) is 5.60 Å². The molecule has 0 aliphatic carbocycles. The van der Waals surface area contributed by atoms with Crippen molar-refractivity contribution in [3.8, 4) is 0 Å². The topological polar surface area (TPSA) is 52.6 Å². The van der Waals surface area contributed by atoms with Gasteiger partial charge in [-0.15, -0.1) is 0 Å². The zero-order valence-corrected chi connectivity index (χ0v) is 17.6. The van der Waals surface area contributed by atoms with Crippen LogP contribution in [0.25, 0.3) is 0 Å². The van der Waals surface area contributed by atoms with Gasteiger partial charge >= 0.3 is 0 Å². The molecular weight excluding hydrogens is 396 g/mol. The number of benzene rings is 2. The van der Waals surface area contributed by atoms with Gasteiger partial charge in [0.05, 0.1) is 28.6 Å². The third-order valence-corrected chi connectivity index (χ3v) is 8.18. The lowest BCUT2D eigenvalue weighted by molar-refractivity contribution is -0.0589. The summed E-state index contributed by atoms with van der Waals surface area (Å²) >= 11 is 5.93. The van der Waals surface area contributed by atoms with Crippen LogP contribution >= 0.6 is 11.6 Å². The molecule has 4 rings (SSSR count). The maximum Gasteiger partial charge on any atom is 0.205 e. The van der Waals surface area contributed by atoms with Crippen molar-refractivity contribution in [1.29, 1.82) is 0 Å². The Labute approximate surface area is 171 Å². The van der Waals surface area contributed by atoms with Crippen LogP contribution in [0.4, 0.5) is 0 Å². The van der Waals surface area contributed by atoms with Crippen molar-refractivity contribution < 1.29 is 17.9 Å². The second-order valence-corrected chi connectivity index (χ2v) is 10.0. The SMILES string of the molecule is CC1=C(S(=O)(=O)c2ccc(Cl)cc2)[C@@]2(C)O[C@@H]1[C@H](C)[C@H]2OCc1ccccc1. The molecule has 0 N–H and O–H groups in total. The van der Waals surface area contributed by atoms with E-state index in [1.165, 1.54) is 12.1 Å². The third kappa shape index (κ3) is 3.01. The van der Waals surface area contributed by atoms with Gasteiger partial charge in [0.2, 0.25) is 9.84 Å². The lowest BCUT2D eigenvalue weighted by atomic mass is 9.81. The highest BCUT2D eigenvalue weighted by Gasteiger charge is 2.62. The summed E-state index contributed by atoms with van der Waals surface area (Å²) in [6.45, 7) is 6.15. The molecule has 1 saturated heterocycles. The molecule has 4 nitrogen and oxygen atoms in total. The fourth-order valence-electron chi connectivity index (χ4n) is 4.57. The summed E-state index contributed by atoms with van der Waals surface area (Å²) in [7, 11) is -3.72. The van der Waals surface area contributed by atoms with Crippen LogP contribution in [0.15, 0.2) is 70.0 Å². The monoisotopic (exact) mass is 418 g/mol. The largest absolute Gasteiger partial charge is 0.370 e. The lowest BCUT2D eigenvalue weighted by Gasteiger charge is -2.34. The molecule has 4 atom stereocenters. The van der Waals surface area contributed by atoms with Gasteiger partial charge in [-0.3, -0.25) is 0 Å². The molecule has 6 heteroatoms. The van der Waals surface area contributed by atoms with Gasteiger partial charge in [-0.05, 0) is 49.2 Å². The maximum absolute atomic E-state index is 13.4. The molecule has 2 heterocycles. The molecule has 0 amide bonds. The first kappa shape index (κ1) is 19.6. The number of ether oxygens (including phenoxy) is 2. The fraction of sp³-hybridized carbons (Fsp3) is 0.364. The van der Waals surface area contributed by atoms with E-state index in [-0.39, 0.29) is 23.0 Å². The van der Waals surface area contributed by atoms with E-state index in [9.17, 15) is 8.42 Å². The number of rotatable bonds is 5. The summed E-state index contributed by atoms with van der Waals surface area (Å²) in [4.78, 5) is 0.543. The van der Waals surface area contributed by atoms with E-state index < -0.39 is 15.4 Å². The number of halogens is 1. The standard InChI is InChI=1S/C22H23ClO4S/c1-14-19-15(2)21(28(24,25)18-11-9-17(23)10-12-18)22(3,27-19)20(14)26-13-16-7-5-4-6-8-16/h4-12,14,19-20H,13H2,1-3H3/t14-,19+,20+,22-/m0/s1. The van der Waals surface area contributed by atoms with Crippen LogP contribution in [-0.4, -0.2) is 26.2 Å². The highest BCUT2D eigenvalue weighted by molar-refractivity contribution is 7.95. The lowest BCUT2D eigenvalue weighted by Crippen LogP contribution is -2.45. The number of fused-ring (bicyclic) bond motifs is 2.